The van der Waals surface area contributed by atoms with E-state index in [0.717, 1.165) is 0 Å². The lowest BCUT2D eigenvalue weighted by atomic mass is 10.1. The van der Waals surface area contributed by atoms with Gasteiger partial charge in [-0.2, -0.15) is 0 Å². The first kappa shape index (κ1) is 15.4. The Labute approximate surface area is 130 Å². The van der Waals surface area contributed by atoms with E-state index in [2.05, 4.69) is 36.4 Å². The average molecular weight is 290 g/mol. The molecule has 0 radical (unpaired) electrons. The van der Waals surface area contributed by atoms with E-state index in [4.69, 9.17) is 10.2 Å². The van der Waals surface area contributed by atoms with Gasteiger partial charge >= 0.3 is 0 Å². The Bertz CT molecular complexity index is 645. The summed E-state index contributed by atoms with van der Waals surface area (Å²) in [7, 11) is 0. The van der Waals surface area contributed by atoms with Crippen LogP contribution in [0, 0.1) is 0 Å². The van der Waals surface area contributed by atoms with Crippen LogP contribution in [0.2, 0.25) is 0 Å². The van der Waals surface area contributed by atoms with Crippen molar-refractivity contribution in [3.05, 3.63) is 96.1 Å². The summed E-state index contributed by atoms with van der Waals surface area (Å²) >= 11 is 0. The minimum atomic E-state index is 0.0880. The molecule has 0 atom stereocenters. The number of hydrogen-bond acceptors (Lipinski definition) is 2. The molecule has 3 aromatic carbocycles. The quantitative estimate of drug-likeness (QED) is 0.655. The predicted molar refractivity (Wildman–Crippen MR) is 91.6 cm³/mol. The molecule has 0 heterocycles. The van der Waals surface area contributed by atoms with E-state index in [0.29, 0.717) is 0 Å². The smallest absolute Gasteiger partial charge is 0.119 e. The molecule has 0 aliphatic heterocycles. The molecule has 0 saturated carbocycles. The van der Waals surface area contributed by atoms with Gasteiger partial charge in [-0.25, -0.2) is 0 Å². The first-order valence-electron chi connectivity index (χ1n) is 7.00. The third-order valence-electron chi connectivity index (χ3n) is 2.90. The Morgan fingerprint density at radius 3 is 1.23 bits per heavy atom. The van der Waals surface area contributed by atoms with E-state index < -0.39 is 0 Å². The Balaban J connectivity index is 0.000000188. The van der Waals surface area contributed by atoms with Crippen molar-refractivity contribution in [3.63, 3.8) is 0 Å². The molecule has 0 spiro atoms. The highest BCUT2D eigenvalue weighted by atomic mass is 16.3. The summed E-state index contributed by atoms with van der Waals surface area (Å²) < 4.78 is 0. The van der Waals surface area contributed by atoms with Crippen LogP contribution in [0.4, 0.5) is 0 Å². The molecule has 0 unspecified atom stereocenters. The minimum Gasteiger partial charge on any atom is -0.508 e. The largest absolute Gasteiger partial charge is 0.508 e. The van der Waals surface area contributed by atoms with Crippen LogP contribution in [-0.2, 0) is 0 Å². The van der Waals surface area contributed by atoms with Gasteiger partial charge in [0.1, 0.15) is 11.5 Å². The molecule has 0 aliphatic carbocycles. The summed E-state index contributed by atoms with van der Waals surface area (Å²) in [5.74, 6) is 0.176. The van der Waals surface area contributed by atoms with Crippen LogP contribution in [0.5, 0.6) is 11.5 Å². The van der Waals surface area contributed by atoms with Crippen LogP contribution in [0.1, 0.15) is 11.1 Å². The SMILES string of the molecule is C(=Cc1ccccc1)c1ccccc1.Oc1cccc(O)c1. The van der Waals surface area contributed by atoms with Crippen molar-refractivity contribution in [3.8, 4) is 11.5 Å². The maximum atomic E-state index is 8.65. The minimum absolute atomic E-state index is 0.0880. The van der Waals surface area contributed by atoms with E-state index in [-0.39, 0.29) is 11.5 Å². The van der Waals surface area contributed by atoms with Crippen LogP contribution >= 0.6 is 0 Å². The Morgan fingerprint density at radius 1 is 0.500 bits per heavy atom. The molecule has 0 amide bonds. The van der Waals surface area contributed by atoms with E-state index in [1.165, 1.54) is 29.3 Å². The van der Waals surface area contributed by atoms with Gasteiger partial charge in [0, 0.05) is 6.07 Å². The number of rotatable bonds is 2. The Morgan fingerprint density at radius 2 is 0.909 bits per heavy atom. The molecule has 0 fully saturated rings. The Hall–Kier alpha value is -3.00. The van der Waals surface area contributed by atoms with Crippen molar-refractivity contribution in [1.82, 2.24) is 0 Å². The maximum absolute atomic E-state index is 8.65. The van der Waals surface area contributed by atoms with Gasteiger partial charge in [0.25, 0.3) is 0 Å². The standard InChI is InChI=1S/C14H12.C6H6O2/c1-3-7-13(8-4-1)11-12-14-9-5-2-6-10-14;7-5-2-1-3-6(8)4-5/h1-12H;1-4,7-8H. The highest BCUT2D eigenvalue weighted by Crippen LogP contribution is 2.14. The summed E-state index contributed by atoms with van der Waals surface area (Å²) in [5, 5.41) is 17.3. The molecular weight excluding hydrogens is 272 g/mol. The van der Waals surface area contributed by atoms with Crippen LogP contribution < -0.4 is 0 Å². The van der Waals surface area contributed by atoms with Crippen LogP contribution in [-0.4, -0.2) is 10.2 Å². The molecule has 0 saturated heterocycles. The molecule has 2 nitrogen and oxygen atoms in total. The van der Waals surface area contributed by atoms with Crippen molar-refractivity contribution in [2.45, 2.75) is 0 Å². The molecular formula is C20H18O2. The lowest BCUT2D eigenvalue weighted by Crippen LogP contribution is -1.70. The van der Waals surface area contributed by atoms with Gasteiger partial charge in [0.2, 0.25) is 0 Å². The van der Waals surface area contributed by atoms with Gasteiger partial charge in [-0.15, -0.1) is 0 Å². The second-order valence-corrected chi connectivity index (χ2v) is 4.67. The lowest BCUT2D eigenvalue weighted by Gasteiger charge is -1.92. The van der Waals surface area contributed by atoms with Gasteiger partial charge in [-0.3, -0.25) is 0 Å². The highest BCUT2D eigenvalue weighted by molar-refractivity contribution is 5.69. The third kappa shape index (κ3) is 5.55. The van der Waals surface area contributed by atoms with Gasteiger partial charge in [-0.1, -0.05) is 78.9 Å². The summed E-state index contributed by atoms with van der Waals surface area (Å²) in [6, 6.07) is 26.5. The number of phenols is 2. The number of phenolic OH excluding ortho intramolecular Hbond substituents is 2. The Kier molecular flexibility index (Phi) is 5.82. The summed E-state index contributed by atoms with van der Waals surface area (Å²) in [5.41, 5.74) is 2.47. The van der Waals surface area contributed by atoms with E-state index in [1.54, 1.807) is 6.07 Å². The molecule has 3 rings (SSSR count). The van der Waals surface area contributed by atoms with Crippen LogP contribution in [0.25, 0.3) is 12.2 Å². The molecule has 0 aliphatic rings. The number of aromatic hydroxyl groups is 2. The topological polar surface area (TPSA) is 40.5 Å². The number of hydrogen-bond donors (Lipinski definition) is 2. The van der Waals surface area contributed by atoms with Crippen LogP contribution in [0.15, 0.2) is 84.9 Å². The predicted octanol–water partition coefficient (Wildman–Crippen LogP) is 4.95. The van der Waals surface area contributed by atoms with Crippen LogP contribution in [0.3, 0.4) is 0 Å². The maximum Gasteiger partial charge on any atom is 0.119 e. The third-order valence-corrected chi connectivity index (χ3v) is 2.90. The first-order chi connectivity index (χ1) is 10.7. The zero-order chi connectivity index (χ0) is 15.6. The molecule has 3 aromatic rings. The second-order valence-electron chi connectivity index (χ2n) is 4.67. The van der Waals surface area contributed by atoms with E-state index in [1.807, 2.05) is 36.4 Å². The molecule has 2 N–H and O–H groups in total. The fourth-order valence-corrected chi connectivity index (χ4v) is 1.81. The summed E-state index contributed by atoms with van der Waals surface area (Å²) in [6.07, 6.45) is 4.24. The second kappa shape index (κ2) is 8.32. The first-order valence-corrected chi connectivity index (χ1v) is 7.00. The van der Waals surface area contributed by atoms with Gasteiger partial charge < -0.3 is 10.2 Å². The normalized spacial score (nSPS) is 10.0. The molecule has 22 heavy (non-hydrogen) atoms. The zero-order valence-corrected chi connectivity index (χ0v) is 12.1. The summed E-state index contributed by atoms with van der Waals surface area (Å²) in [6.45, 7) is 0. The fourth-order valence-electron chi connectivity index (χ4n) is 1.81. The molecule has 0 aromatic heterocycles. The molecule has 2 heteroatoms. The van der Waals surface area contributed by atoms with Gasteiger partial charge in [-0.05, 0) is 23.3 Å². The van der Waals surface area contributed by atoms with Crippen molar-refractivity contribution >= 4 is 12.2 Å². The monoisotopic (exact) mass is 290 g/mol. The highest BCUT2D eigenvalue weighted by Gasteiger charge is 1.86. The van der Waals surface area contributed by atoms with E-state index >= 15 is 0 Å². The fraction of sp³-hybridized carbons (Fsp3) is 0. The van der Waals surface area contributed by atoms with Crippen molar-refractivity contribution in [2.75, 3.05) is 0 Å². The average Bonchev–Trinajstić information content (AvgIpc) is 2.55. The van der Waals surface area contributed by atoms with Gasteiger partial charge in [0.15, 0.2) is 0 Å². The lowest BCUT2D eigenvalue weighted by molar-refractivity contribution is 0.450. The molecule has 110 valence electrons. The van der Waals surface area contributed by atoms with Crippen molar-refractivity contribution < 1.29 is 10.2 Å². The van der Waals surface area contributed by atoms with Crippen molar-refractivity contribution in [2.24, 2.45) is 0 Å². The summed E-state index contributed by atoms with van der Waals surface area (Å²) in [4.78, 5) is 0. The zero-order valence-electron chi connectivity index (χ0n) is 12.1. The number of benzene rings is 3. The van der Waals surface area contributed by atoms with Crippen molar-refractivity contribution in [1.29, 1.82) is 0 Å². The molecule has 0 bridgehead atoms. The van der Waals surface area contributed by atoms with Gasteiger partial charge in [0.05, 0.1) is 0 Å². The van der Waals surface area contributed by atoms with E-state index in [9.17, 15) is 0 Å².